The van der Waals surface area contributed by atoms with Crippen molar-refractivity contribution in [1.29, 1.82) is 0 Å². The number of hydrogen-bond donors (Lipinski definition) is 1. The van der Waals surface area contributed by atoms with Gasteiger partial charge in [-0.15, -0.1) is 0 Å². The molecule has 22 heavy (non-hydrogen) atoms. The second kappa shape index (κ2) is 7.11. The second-order valence-corrected chi connectivity index (χ2v) is 5.52. The first kappa shape index (κ1) is 17.8. The summed E-state index contributed by atoms with van der Waals surface area (Å²) in [6.07, 6.45) is 1.50. The Balaban J connectivity index is 3.05. The summed E-state index contributed by atoms with van der Waals surface area (Å²) in [4.78, 5) is 23.7. The van der Waals surface area contributed by atoms with Gasteiger partial charge in [0, 0.05) is 12.6 Å². The first-order chi connectivity index (χ1) is 10.2. The number of esters is 1. The zero-order chi connectivity index (χ0) is 16.9. The third kappa shape index (κ3) is 4.10. The number of rotatable bonds is 6. The predicted molar refractivity (Wildman–Crippen MR) is 85.2 cm³/mol. The molecule has 0 spiro atoms. The smallest absolute Gasteiger partial charge is 0.350 e. The van der Waals surface area contributed by atoms with E-state index >= 15 is 0 Å². The van der Waals surface area contributed by atoms with Crippen molar-refractivity contribution < 1.29 is 19.1 Å². The molecule has 1 aromatic carbocycles. The van der Waals surface area contributed by atoms with E-state index in [-0.39, 0.29) is 12.5 Å². The van der Waals surface area contributed by atoms with E-state index in [9.17, 15) is 9.59 Å². The fraction of sp³-hybridized carbons (Fsp3) is 0.412. The molecule has 5 heteroatoms. The van der Waals surface area contributed by atoms with Gasteiger partial charge in [-0.05, 0) is 51.0 Å². The van der Waals surface area contributed by atoms with Crippen molar-refractivity contribution in [3.63, 3.8) is 0 Å². The summed E-state index contributed by atoms with van der Waals surface area (Å²) in [6, 6.07) is 3.46. The minimum atomic E-state index is -1.13. The van der Waals surface area contributed by atoms with Gasteiger partial charge in [0.1, 0.15) is 12.4 Å². The van der Waals surface area contributed by atoms with E-state index in [1.807, 2.05) is 13.8 Å². The number of carbonyl (C=O) groups is 2. The topological polar surface area (TPSA) is 64.6 Å². The zero-order valence-electron chi connectivity index (χ0n) is 13.8. The van der Waals surface area contributed by atoms with Gasteiger partial charge in [0.15, 0.2) is 5.60 Å². The molecule has 0 heterocycles. The molecule has 1 aromatic rings. The molecule has 0 aliphatic heterocycles. The largest absolute Gasteiger partial charge is 0.476 e. The van der Waals surface area contributed by atoms with Crippen molar-refractivity contribution in [2.75, 3.05) is 13.7 Å². The Labute approximate surface area is 131 Å². The molecule has 0 radical (unpaired) electrons. The standard InChI is InChI=1S/C17H23NO4/c1-7-8-21-16(20)17(4,5)22-14-11(2)9-13(10-12(14)3)15(19)18-6/h7,9-10H,1,8H2,2-6H3,(H,18,19). The lowest BCUT2D eigenvalue weighted by atomic mass is 10.0. The summed E-state index contributed by atoms with van der Waals surface area (Å²) < 4.78 is 10.9. The first-order valence-electron chi connectivity index (χ1n) is 7.03. The van der Waals surface area contributed by atoms with Crippen LogP contribution in [0.15, 0.2) is 24.8 Å². The summed E-state index contributed by atoms with van der Waals surface area (Å²) >= 11 is 0. The van der Waals surface area contributed by atoms with Gasteiger partial charge in [0.25, 0.3) is 5.91 Å². The number of hydrogen-bond acceptors (Lipinski definition) is 4. The van der Waals surface area contributed by atoms with Crippen molar-refractivity contribution in [2.24, 2.45) is 0 Å². The Bertz CT molecular complexity index is 567. The molecule has 0 saturated carbocycles. The maximum atomic E-state index is 12.0. The molecule has 0 bridgehead atoms. The van der Waals surface area contributed by atoms with Crippen LogP contribution in [0.1, 0.15) is 35.3 Å². The lowest BCUT2D eigenvalue weighted by Gasteiger charge is -2.26. The zero-order valence-corrected chi connectivity index (χ0v) is 13.8. The summed E-state index contributed by atoms with van der Waals surface area (Å²) in [5.41, 5.74) is 0.982. The summed E-state index contributed by atoms with van der Waals surface area (Å²) in [6.45, 7) is 10.6. The molecule has 120 valence electrons. The normalized spacial score (nSPS) is 10.8. The third-order valence-corrected chi connectivity index (χ3v) is 3.13. The van der Waals surface area contributed by atoms with Gasteiger partial charge in [0.2, 0.25) is 0 Å². The second-order valence-electron chi connectivity index (χ2n) is 5.52. The molecule has 0 atom stereocenters. The lowest BCUT2D eigenvalue weighted by Crippen LogP contribution is -2.40. The molecule has 5 nitrogen and oxygen atoms in total. The van der Waals surface area contributed by atoms with Crippen molar-refractivity contribution >= 4 is 11.9 Å². The minimum absolute atomic E-state index is 0.138. The van der Waals surface area contributed by atoms with Crippen molar-refractivity contribution in [1.82, 2.24) is 5.32 Å². The van der Waals surface area contributed by atoms with Crippen LogP contribution in [0.5, 0.6) is 5.75 Å². The quantitative estimate of drug-likeness (QED) is 0.648. The summed E-state index contributed by atoms with van der Waals surface area (Å²) in [5.74, 6) is -0.0582. The molecule has 0 fully saturated rings. The van der Waals surface area contributed by atoms with Crippen LogP contribution in [0, 0.1) is 13.8 Å². The van der Waals surface area contributed by atoms with Crippen LogP contribution in [0.25, 0.3) is 0 Å². The van der Waals surface area contributed by atoms with Gasteiger partial charge < -0.3 is 14.8 Å². The van der Waals surface area contributed by atoms with Gasteiger partial charge in [-0.1, -0.05) is 12.7 Å². The van der Waals surface area contributed by atoms with Gasteiger partial charge in [-0.25, -0.2) is 4.79 Å². The van der Waals surface area contributed by atoms with Gasteiger partial charge in [-0.2, -0.15) is 0 Å². The van der Waals surface area contributed by atoms with Crippen LogP contribution in [-0.2, 0) is 9.53 Å². The number of nitrogens with one attached hydrogen (secondary N) is 1. The lowest BCUT2D eigenvalue weighted by molar-refractivity contribution is -0.158. The highest BCUT2D eigenvalue weighted by atomic mass is 16.6. The molecule has 0 saturated heterocycles. The van der Waals surface area contributed by atoms with Gasteiger partial charge in [-0.3, -0.25) is 4.79 Å². The van der Waals surface area contributed by atoms with Crippen LogP contribution in [-0.4, -0.2) is 31.1 Å². The molecule has 0 aliphatic carbocycles. The van der Waals surface area contributed by atoms with E-state index in [4.69, 9.17) is 9.47 Å². The molecule has 1 rings (SSSR count). The molecule has 0 unspecified atom stereocenters. The Morgan fingerprint density at radius 1 is 1.27 bits per heavy atom. The van der Waals surface area contributed by atoms with E-state index in [2.05, 4.69) is 11.9 Å². The van der Waals surface area contributed by atoms with E-state index in [0.29, 0.717) is 11.3 Å². The van der Waals surface area contributed by atoms with Gasteiger partial charge >= 0.3 is 5.97 Å². The van der Waals surface area contributed by atoms with Crippen molar-refractivity contribution in [3.8, 4) is 5.75 Å². The van der Waals surface area contributed by atoms with E-state index in [1.165, 1.54) is 6.08 Å². The Morgan fingerprint density at radius 3 is 2.27 bits per heavy atom. The fourth-order valence-corrected chi connectivity index (χ4v) is 1.99. The number of carbonyl (C=O) groups excluding carboxylic acids is 2. The summed E-state index contributed by atoms with van der Waals surface area (Å²) in [5, 5.41) is 2.58. The highest BCUT2D eigenvalue weighted by Crippen LogP contribution is 2.29. The SMILES string of the molecule is C=CCOC(=O)C(C)(C)Oc1c(C)cc(C(=O)NC)cc1C. The maximum absolute atomic E-state index is 12.0. The van der Waals surface area contributed by atoms with Crippen LogP contribution >= 0.6 is 0 Å². The molecule has 0 aromatic heterocycles. The highest BCUT2D eigenvalue weighted by Gasteiger charge is 2.32. The van der Waals surface area contributed by atoms with Crippen LogP contribution in [0.3, 0.4) is 0 Å². The van der Waals surface area contributed by atoms with Crippen molar-refractivity contribution in [2.45, 2.75) is 33.3 Å². The Hall–Kier alpha value is -2.30. The molecule has 0 aliphatic rings. The maximum Gasteiger partial charge on any atom is 0.350 e. The molecule has 1 amide bonds. The van der Waals surface area contributed by atoms with E-state index < -0.39 is 11.6 Å². The number of benzene rings is 1. The average Bonchev–Trinajstić information content (AvgIpc) is 2.47. The van der Waals surface area contributed by atoms with Crippen LogP contribution in [0.4, 0.5) is 0 Å². The monoisotopic (exact) mass is 305 g/mol. The van der Waals surface area contributed by atoms with E-state index in [0.717, 1.165) is 11.1 Å². The number of amides is 1. The predicted octanol–water partition coefficient (Wildman–Crippen LogP) is 2.55. The Kier molecular flexibility index (Phi) is 5.74. The molecule has 1 N–H and O–H groups in total. The number of ether oxygens (including phenoxy) is 2. The molecular formula is C17H23NO4. The average molecular weight is 305 g/mol. The highest BCUT2D eigenvalue weighted by molar-refractivity contribution is 5.94. The van der Waals surface area contributed by atoms with Crippen molar-refractivity contribution in [3.05, 3.63) is 41.5 Å². The number of aryl methyl sites for hydroxylation is 2. The van der Waals surface area contributed by atoms with E-state index in [1.54, 1.807) is 33.0 Å². The summed E-state index contributed by atoms with van der Waals surface area (Å²) in [7, 11) is 1.58. The van der Waals surface area contributed by atoms with Crippen LogP contribution < -0.4 is 10.1 Å². The fourth-order valence-electron chi connectivity index (χ4n) is 1.99. The first-order valence-corrected chi connectivity index (χ1v) is 7.03. The van der Waals surface area contributed by atoms with Gasteiger partial charge in [0.05, 0.1) is 0 Å². The van der Waals surface area contributed by atoms with Crippen LogP contribution in [0.2, 0.25) is 0 Å². The third-order valence-electron chi connectivity index (χ3n) is 3.13. The Morgan fingerprint density at radius 2 is 1.82 bits per heavy atom. The minimum Gasteiger partial charge on any atom is -0.476 e. The molecular weight excluding hydrogens is 282 g/mol.